The lowest BCUT2D eigenvalue weighted by Gasteiger charge is -1.98. The number of hydrogen-bond donors (Lipinski definition) is 2. The fourth-order valence-corrected chi connectivity index (χ4v) is 5.14. The number of carbonyl (C=O) groups excluding carboxylic acids is 2. The summed E-state index contributed by atoms with van der Waals surface area (Å²) < 4.78 is 0. The van der Waals surface area contributed by atoms with Crippen molar-refractivity contribution in [3.8, 4) is 11.4 Å². The summed E-state index contributed by atoms with van der Waals surface area (Å²) in [6.45, 7) is 0. The number of hydrogen-bond acceptors (Lipinski definition) is 12. The summed E-state index contributed by atoms with van der Waals surface area (Å²) in [5.74, 6) is -1.03. The van der Waals surface area contributed by atoms with Crippen LogP contribution in [0.15, 0.2) is 35.0 Å². The van der Waals surface area contributed by atoms with Gasteiger partial charge in [-0.1, -0.05) is 22.7 Å². The van der Waals surface area contributed by atoms with Gasteiger partial charge in [0, 0.05) is 22.9 Å². The number of thiazole rings is 2. The summed E-state index contributed by atoms with van der Waals surface area (Å²) in [7, 11) is 0. The van der Waals surface area contributed by atoms with Crippen molar-refractivity contribution in [2.75, 3.05) is 10.6 Å². The van der Waals surface area contributed by atoms with Gasteiger partial charge in [0.1, 0.15) is 11.4 Å². The molecule has 162 valence electrons. The van der Waals surface area contributed by atoms with E-state index >= 15 is 0 Å². The second kappa shape index (κ2) is 8.87. The predicted molar refractivity (Wildman–Crippen MR) is 121 cm³/mol. The first-order valence-electron chi connectivity index (χ1n) is 8.33. The molecule has 0 radical (unpaired) electrons. The molecule has 0 saturated heterocycles. The third-order valence-electron chi connectivity index (χ3n) is 3.70. The Hall–Kier alpha value is -3.60. The van der Waals surface area contributed by atoms with E-state index in [9.17, 15) is 29.8 Å². The maximum atomic E-state index is 12.2. The molecule has 0 spiro atoms. The molecule has 0 aromatic carbocycles. The first-order chi connectivity index (χ1) is 15.3. The molecule has 0 fully saturated rings. The molecule has 0 unspecified atom stereocenters. The molecular formula is C16H8N6O6S4. The zero-order valence-electron chi connectivity index (χ0n) is 15.3. The number of nitrogens with zero attached hydrogens (tertiary/aromatic N) is 4. The fourth-order valence-electron chi connectivity index (χ4n) is 2.31. The number of aromatic nitrogens is 2. The summed E-state index contributed by atoms with van der Waals surface area (Å²) in [4.78, 5) is 53.8. The Morgan fingerprint density at radius 3 is 1.50 bits per heavy atom. The van der Waals surface area contributed by atoms with Gasteiger partial charge in [0.2, 0.25) is 0 Å². The third kappa shape index (κ3) is 4.67. The van der Waals surface area contributed by atoms with E-state index in [1.165, 1.54) is 24.3 Å². The van der Waals surface area contributed by atoms with Crippen LogP contribution in [0.25, 0.3) is 11.4 Å². The number of nitrogens with one attached hydrogen (secondary N) is 2. The number of anilines is 2. The van der Waals surface area contributed by atoms with Crippen molar-refractivity contribution in [1.29, 1.82) is 0 Å². The Labute approximate surface area is 193 Å². The van der Waals surface area contributed by atoms with E-state index in [0.717, 1.165) is 45.3 Å². The molecule has 0 aliphatic carbocycles. The number of nitro groups is 2. The zero-order chi connectivity index (χ0) is 22.8. The van der Waals surface area contributed by atoms with Crippen molar-refractivity contribution in [1.82, 2.24) is 9.97 Å². The van der Waals surface area contributed by atoms with E-state index in [-0.39, 0.29) is 30.0 Å². The molecule has 2 amide bonds. The lowest BCUT2D eigenvalue weighted by Crippen LogP contribution is -2.10. The Bertz CT molecular complexity index is 1250. The molecule has 0 aliphatic heterocycles. The largest absolute Gasteiger partial charge is 0.324 e. The van der Waals surface area contributed by atoms with Crippen molar-refractivity contribution < 1.29 is 19.4 Å². The van der Waals surface area contributed by atoms with Gasteiger partial charge in [-0.15, -0.1) is 22.7 Å². The summed E-state index contributed by atoms with van der Waals surface area (Å²) in [5.41, 5.74) is 0.928. The van der Waals surface area contributed by atoms with Gasteiger partial charge in [-0.05, 0) is 12.1 Å². The molecular weight excluding hydrogens is 500 g/mol. The smallest absolute Gasteiger partial charge is 0.297 e. The molecule has 4 heterocycles. The second-order valence-corrected chi connectivity index (χ2v) is 9.61. The lowest BCUT2D eigenvalue weighted by molar-refractivity contribution is -0.380. The Balaban J connectivity index is 1.41. The quantitative estimate of drug-likeness (QED) is 0.267. The standard InChI is InChI=1S/C16H8N6O6S4/c23-13(9-1-3-11(31-9)21(25)26)19-15-17-7(5-29-15)8-6-30-16(18-8)20-14(24)10-2-4-12(32-10)22(27)28/h1-6H,(H,17,19,23)(H,18,20,24). The zero-order valence-corrected chi connectivity index (χ0v) is 18.6. The van der Waals surface area contributed by atoms with Gasteiger partial charge in [0.05, 0.1) is 19.6 Å². The Kier molecular flexibility index (Phi) is 5.99. The Morgan fingerprint density at radius 1 is 0.750 bits per heavy atom. The first-order valence-corrected chi connectivity index (χ1v) is 11.7. The van der Waals surface area contributed by atoms with Crippen LogP contribution in [-0.2, 0) is 0 Å². The Morgan fingerprint density at radius 2 is 1.16 bits per heavy atom. The van der Waals surface area contributed by atoms with Crippen LogP contribution in [0.1, 0.15) is 19.3 Å². The van der Waals surface area contributed by atoms with Crippen LogP contribution in [0.5, 0.6) is 0 Å². The van der Waals surface area contributed by atoms with Gasteiger partial charge < -0.3 is 0 Å². The summed E-state index contributed by atoms with van der Waals surface area (Å²) >= 11 is 3.82. The minimum atomic E-state index is -0.568. The highest BCUT2D eigenvalue weighted by Gasteiger charge is 2.19. The van der Waals surface area contributed by atoms with Crippen LogP contribution in [0.4, 0.5) is 20.3 Å². The van der Waals surface area contributed by atoms with E-state index in [4.69, 9.17) is 0 Å². The lowest BCUT2D eigenvalue weighted by atomic mass is 10.4. The average Bonchev–Trinajstić information content (AvgIpc) is 3.53. The molecule has 4 aromatic heterocycles. The highest BCUT2D eigenvalue weighted by Crippen LogP contribution is 2.30. The molecule has 0 saturated carbocycles. The average molecular weight is 509 g/mol. The van der Waals surface area contributed by atoms with E-state index in [0.29, 0.717) is 11.4 Å². The molecule has 12 nitrogen and oxygen atoms in total. The summed E-state index contributed by atoms with van der Waals surface area (Å²) in [6.07, 6.45) is 0. The van der Waals surface area contributed by atoms with Gasteiger partial charge in [-0.2, -0.15) is 0 Å². The minimum absolute atomic E-state index is 0.135. The van der Waals surface area contributed by atoms with Gasteiger partial charge in [0.25, 0.3) is 11.8 Å². The molecule has 0 bridgehead atoms. The van der Waals surface area contributed by atoms with E-state index in [1.807, 2.05) is 0 Å². The molecule has 0 atom stereocenters. The summed E-state index contributed by atoms with van der Waals surface area (Å²) in [5, 5.41) is 30.3. The minimum Gasteiger partial charge on any atom is -0.297 e. The first kappa shape index (κ1) is 21.6. The maximum absolute atomic E-state index is 12.2. The van der Waals surface area contributed by atoms with Crippen LogP contribution >= 0.6 is 45.3 Å². The van der Waals surface area contributed by atoms with E-state index in [1.54, 1.807) is 10.8 Å². The van der Waals surface area contributed by atoms with Gasteiger partial charge >= 0.3 is 10.0 Å². The van der Waals surface area contributed by atoms with E-state index < -0.39 is 21.7 Å². The summed E-state index contributed by atoms with van der Waals surface area (Å²) in [6, 6.07) is 5.24. The highest BCUT2D eigenvalue weighted by molar-refractivity contribution is 7.18. The van der Waals surface area contributed by atoms with Crippen LogP contribution in [0.2, 0.25) is 0 Å². The molecule has 32 heavy (non-hydrogen) atoms. The van der Waals surface area contributed by atoms with Gasteiger partial charge in [-0.3, -0.25) is 40.5 Å². The van der Waals surface area contributed by atoms with Crippen molar-refractivity contribution in [3.63, 3.8) is 0 Å². The second-order valence-electron chi connectivity index (χ2n) is 5.77. The van der Waals surface area contributed by atoms with Crippen LogP contribution < -0.4 is 10.6 Å². The molecule has 2 N–H and O–H groups in total. The highest BCUT2D eigenvalue weighted by atomic mass is 32.1. The third-order valence-corrected chi connectivity index (χ3v) is 7.29. The van der Waals surface area contributed by atoms with Gasteiger partial charge in [-0.25, -0.2) is 9.97 Å². The molecule has 0 aliphatic rings. The van der Waals surface area contributed by atoms with Crippen LogP contribution in [0, 0.1) is 20.2 Å². The van der Waals surface area contributed by atoms with Crippen LogP contribution in [0.3, 0.4) is 0 Å². The topological polar surface area (TPSA) is 170 Å². The van der Waals surface area contributed by atoms with Gasteiger partial charge in [0.15, 0.2) is 10.3 Å². The molecule has 4 aromatic rings. The van der Waals surface area contributed by atoms with Crippen molar-refractivity contribution >= 4 is 77.4 Å². The fraction of sp³-hybridized carbons (Fsp3) is 0. The molecule has 16 heteroatoms. The normalized spacial score (nSPS) is 10.6. The SMILES string of the molecule is O=C(Nc1nc(-c2csc(NC(=O)c3ccc([N+](=O)[O-])s3)n2)cs1)c1ccc([N+](=O)[O-])s1. The number of carbonyl (C=O) groups is 2. The number of thiophene rings is 2. The van der Waals surface area contributed by atoms with Crippen molar-refractivity contribution in [2.45, 2.75) is 0 Å². The number of amides is 2. The van der Waals surface area contributed by atoms with Crippen molar-refractivity contribution in [3.05, 3.63) is 65.0 Å². The maximum Gasteiger partial charge on any atom is 0.324 e. The van der Waals surface area contributed by atoms with E-state index in [2.05, 4.69) is 20.6 Å². The monoisotopic (exact) mass is 508 g/mol. The predicted octanol–water partition coefficient (Wildman–Crippen LogP) is 4.71. The van der Waals surface area contributed by atoms with Crippen molar-refractivity contribution in [2.24, 2.45) is 0 Å². The van der Waals surface area contributed by atoms with Crippen LogP contribution in [-0.4, -0.2) is 31.6 Å². The molecule has 4 rings (SSSR count). The number of rotatable bonds is 7.